The zero-order chi connectivity index (χ0) is 25.1. The van der Waals surface area contributed by atoms with Gasteiger partial charge in [0.2, 0.25) is 0 Å². The summed E-state index contributed by atoms with van der Waals surface area (Å²) < 4.78 is 22.0. The van der Waals surface area contributed by atoms with Crippen LogP contribution in [0.15, 0.2) is 48.0 Å². The lowest BCUT2D eigenvalue weighted by atomic mass is 9.95. The van der Waals surface area contributed by atoms with Gasteiger partial charge >= 0.3 is 0 Å². The first-order chi connectivity index (χ1) is 17.6. The predicted molar refractivity (Wildman–Crippen MR) is 131 cm³/mol. The molecule has 2 aromatic rings. The fraction of sp³-hybridized carbons (Fsp3) is 0.407. The standard InChI is InChI=1S/C27H30N2O7/c1-33-20-5-2-4-18(16-20)24-23(25(30)19-6-7-21-22(17-19)36-15-14-35-21)26(31)27(32)29(24)9-3-8-28-10-12-34-13-11-28/h2,4-7,16-17,24,30H,3,8-15H2,1H3/b25-23+. The molecule has 3 aliphatic heterocycles. The molecule has 2 aromatic carbocycles. The first-order valence-electron chi connectivity index (χ1n) is 12.2. The molecule has 0 saturated carbocycles. The second kappa shape index (κ2) is 10.6. The Labute approximate surface area is 209 Å². The molecule has 9 nitrogen and oxygen atoms in total. The van der Waals surface area contributed by atoms with Crippen molar-refractivity contribution in [2.24, 2.45) is 0 Å². The molecule has 1 N–H and O–H groups in total. The van der Waals surface area contributed by atoms with Gasteiger partial charge in [-0.2, -0.15) is 0 Å². The van der Waals surface area contributed by atoms with E-state index in [4.69, 9.17) is 18.9 Å². The smallest absolute Gasteiger partial charge is 0.295 e. The third-order valence-electron chi connectivity index (χ3n) is 6.74. The maximum atomic E-state index is 13.3. The van der Waals surface area contributed by atoms with Gasteiger partial charge in [-0.15, -0.1) is 0 Å². The molecule has 5 rings (SSSR count). The summed E-state index contributed by atoms with van der Waals surface area (Å²) in [4.78, 5) is 30.4. The minimum absolute atomic E-state index is 0.0521. The normalized spacial score (nSPS) is 21.6. The largest absolute Gasteiger partial charge is 0.507 e. The average molecular weight is 495 g/mol. The van der Waals surface area contributed by atoms with Gasteiger partial charge in [0.05, 0.1) is 31.9 Å². The van der Waals surface area contributed by atoms with Gasteiger partial charge in [-0.1, -0.05) is 12.1 Å². The van der Waals surface area contributed by atoms with Crippen LogP contribution in [0.25, 0.3) is 5.76 Å². The minimum atomic E-state index is -0.738. The molecule has 0 spiro atoms. The van der Waals surface area contributed by atoms with Gasteiger partial charge in [-0.25, -0.2) is 0 Å². The summed E-state index contributed by atoms with van der Waals surface area (Å²) in [7, 11) is 1.56. The topological polar surface area (TPSA) is 97.8 Å². The lowest BCUT2D eigenvalue weighted by molar-refractivity contribution is -0.140. The van der Waals surface area contributed by atoms with E-state index in [9.17, 15) is 14.7 Å². The van der Waals surface area contributed by atoms with E-state index in [0.29, 0.717) is 67.8 Å². The number of fused-ring (bicyclic) bond motifs is 1. The summed E-state index contributed by atoms with van der Waals surface area (Å²) in [5.41, 5.74) is 1.13. The number of carbonyl (C=O) groups excluding carboxylic acids is 2. The number of nitrogens with zero attached hydrogens (tertiary/aromatic N) is 2. The first kappa shape index (κ1) is 24.1. The molecule has 2 fully saturated rings. The number of benzene rings is 2. The van der Waals surface area contributed by atoms with Crippen molar-refractivity contribution in [3.63, 3.8) is 0 Å². The molecule has 1 unspecified atom stereocenters. The minimum Gasteiger partial charge on any atom is -0.507 e. The van der Waals surface area contributed by atoms with Crippen molar-refractivity contribution >= 4 is 17.4 Å². The number of ether oxygens (including phenoxy) is 4. The number of methoxy groups -OCH3 is 1. The Balaban J connectivity index is 1.49. The molecule has 0 bridgehead atoms. The Morgan fingerprint density at radius 3 is 2.56 bits per heavy atom. The number of carbonyl (C=O) groups is 2. The zero-order valence-electron chi connectivity index (χ0n) is 20.3. The van der Waals surface area contributed by atoms with E-state index in [2.05, 4.69) is 4.90 Å². The van der Waals surface area contributed by atoms with E-state index >= 15 is 0 Å². The maximum Gasteiger partial charge on any atom is 0.295 e. The maximum absolute atomic E-state index is 13.3. The van der Waals surface area contributed by atoms with Crippen LogP contribution in [0.4, 0.5) is 0 Å². The summed E-state index contributed by atoms with van der Waals surface area (Å²) in [5, 5.41) is 11.3. The van der Waals surface area contributed by atoms with E-state index in [1.54, 1.807) is 42.3 Å². The number of rotatable bonds is 7. The Morgan fingerprint density at radius 1 is 1.00 bits per heavy atom. The van der Waals surface area contributed by atoms with Crippen LogP contribution in [0.2, 0.25) is 0 Å². The van der Waals surface area contributed by atoms with E-state index < -0.39 is 17.7 Å². The second-order valence-corrected chi connectivity index (χ2v) is 8.94. The lowest BCUT2D eigenvalue weighted by Crippen LogP contribution is -2.38. The van der Waals surface area contributed by atoms with Crippen LogP contribution in [-0.2, 0) is 14.3 Å². The molecule has 3 aliphatic rings. The second-order valence-electron chi connectivity index (χ2n) is 8.94. The fourth-order valence-corrected chi connectivity index (χ4v) is 4.90. The number of morpholine rings is 1. The Hall–Kier alpha value is -3.56. The van der Waals surface area contributed by atoms with Gasteiger partial charge in [-0.3, -0.25) is 14.5 Å². The third-order valence-corrected chi connectivity index (χ3v) is 6.74. The van der Waals surface area contributed by atoms with Crippen LogP contribution in [0, 0.1) is 0 Å². The third kappa shape index (κ3) is 4.76. The van der Waals surface area contributed by atoms with E-state index in [0.717, 1.165) is 19.6 Å². The summed E-state index contributed by atoms with van der Waals surface area (Å²) in [6.45, 7) is 5.11. The zero-order valence-corrected chi connectivity index (χ0v) is 20.3. The van der Waals surface area contributed by atoms with Crippen LogP contribution < -0.4 is 14.2 Å². The first-order valence-corrected chi connectivity index (χ1v) is 12.2. The van der Waals surface area contributed by atoms with Gasteiger partial charge in [-0.05, 0) is 42.3 Å². The fourth-order valence-electron chi connectivity index (χ4n) is 4.90. The molecule has 190 valence electrons. The van der Waals surface area contributed by atoms with Crippen molar-refractivity contribution in [1.29, 1.82) is 0 Å². The van der Waals surface area contributed by atoms with Crippen molar-refractivity contribution in [1.82, 2.24) is 9.80 Å². The molecule has 1 atom stereocenters. The number of Topliss-reactive ketones (excluding diaryl/α,β-unsaturated/α-hetero) is 1. The van der Waals surface area contributed by atoms with E-state index in [-0.39, 0.29) is 11.3 Å². The highest BCUT2D eigenvalue weighted by Crippen LogP contribution is 2.41. The molecule has 9 heteroatoms. The molecule has 1 amide bonds. The highest BCUT2D eigenvalue weighted by atomic mass is 16.6. The van der Waals surface area contributed by atoms with Crippen molar-refractivity contribution in [2.75, 3.05) is 59.7 Å². The van der Waals surface area contributed by atoms with Crippen molar-refractivity contribution in [3.05, 3.63) is 59.2 Å². The quantitative estimate of drug-likeness (QED) is 0.357. The molecular weight excluding hydrogens is 464 g/mol. The highest BCUT2D eigenvalue weighted by Gasteiger charge is 2.46. The number of amides is 1. The highest BCUT2D eigenvalue weighted by molar-refractivity contribution is 6.46. The number of likely N-dealkylation sites (tertiary alicyclic amines) is 1. The van der Waals surface area contributed by atoms with Gasteiger partial charge in [0, 0.05) is 31.7 Å². The van der Waals surface area contributed by atoms with Crippen molar-refractivity contribution < 1.29 is 33.6 Å². The van der Waals surface area contributed by atoms with E-state index in [1.807, 2.05) is 12.1 Å². The number of hydrogen-bond acceptors (Lipinski definition) is 8. The number of aliphatic hydroxyl groups excluding tert-OH is 1. The Kier molecular flexibility index (Phi) is 7.11. The van der Waals surface area contributed by atoms with Crippen molar-refractivity contribution in [3.8, 4) is 17.2 Å². The predicted octanol–water partition coefficient (Wildman–Crippen LogP) is 2.61. The molecular formula is C27H30N2O7. The molecule has 2 saturated heterocycles. The monoisotopic (exact) mass is 494 g/mol. The van der Waals surface area contributed by atoms with Gasteiger partial charge < -0.3 is 29.0 Å². The summed E-state index contributed by atoms with van der Waals surface area (Å²) in [5.74, 6) is 0.0960. The van der Waals surface area contributed by atoms with Crippen molar-refractivity contribution in [2.45, 2.75) is 12.5 Å². The SMILES string of the molecule is COc1cccc(C2/C(=C(\O)c3ccc4c(c3)OCCO4)C(=O)C(=O)N2CCCN2CCOCC2)c1. The summed E-state index contributed by atoms with van der Waals surface area (Å²) in [6.07, 6.45) is 0.692. The molecule has 0 radical (unpaired) electrons. The Bertz CT molecular complexity index is 1170. The van der Waals surface area contributed by atoms with Crippen LogP contribution in [0.1, 0.15) is 23.6 Å². The number of hydrogen-bond donors (Lipinski definition) is 1. The van der Waals surface area contributed by atoms with Gasteiger partial charge in [0.15, 0.2) is 11.5 Å². The number of aliphatic hydroxyl groups is 1. The van der Waals surface area contributed by atoms with E-state index in [1.165, 1.54) is 0 Å². The summed E-state index contributed by atoms with van der Waals surface area (Å²) >= 11 is 0. The molecule has 0 aromatic heterocycles. The van der Waals surface area contributed by atoms with Crippen LogP contribution >= 0.6 is 0 Å². The molecule has 36 heavy (non-hydrogen) atoms. The molecule has 0 aliphatic carbocycles. The summed E-state index contributed by atoms with van der Waals surface area (Å²) in [6, 6.07) is 11.5. The molecule has 3 heterocycles. The van der Waals surface area contributed by atoms with Gasteiger partial charge in [0.1, 0.15) is 24.7 Å². The van der Waals surface area contributed by atoms with Crippen LogP contribution in [0.5, 0.6) is 17.2 Å². The Morgan fingerprint density at radius 2 is 1.78 bits per heavy atom. The van der Waals surface area contributed by atoms with Gasteiger partial charge in [0.25, 0.3) is 11.7 Å². The number of ketones is 1. The van der Waals surface area contributed by atoms with Crippen LogP contribution in [0.3, 0.4) is 0 Å². The lowest BCUT2D eigenvalue weighted by Gasteiger charge is -2.29. The average Bonchev–Trinajstić information content (AvgIpc) is 3.18. The van der Waals surface area contributed by atoms with Crippen LogP contribution in [-0.4, -0.2) is 86.3 Å².